The fraction of sp³-hybridized carbons (Fsp3) is 0.111. The first-order chi connectivity index (χ1) is 17.3. The van der Waals surface area contributed by atoms with E-state index in [9.17, 15) is 23.2 Å². The number of amides is 1. The summed E-state index contributed by atoms with van der Waals surface area (Å²) in [4.78, 5) is 43.1. The van der Waals surface area contributed by atoms with Gasteiger partial charge < -0.3 is 10.6 Å². The fourth-order valence-electron chi connectivity index (χ4n) is 3.55. The number of likely N-dealkylation sites (N-methyl/N-ethyl adjacent to an activating group) is 1. The van der Waals surface area contributed by atoms with Crippen molar-refractivity contribution >= 4 is 17.4 Å². The van der Waals surface area contributed by atoms with Gasteiger partial charge in [0.1, 0.15) is 17.3 Å². The summed E-state index contributed by atoms with van der Waals surface area (Å²) < 4.78 is 28.1. The van der Waals surface area contributed by atoms with Crippen LogP contribution in [-0.4, -0.2) is 34.3 Å². The van der Waals surface area contributed by atoms with Crippen molar-refractivity contribution in [3.63, 3.8) is 0 Å². The number of hydrogen-bond donors (Lipinski definition) is 2. The van der Waals surface area contributed by atoms with E-state index in [4.69, 9.17) is 0 Å². The van der Waals surface area contributed by atoms with Crippen molar-refractivity contribution in [1.29, 1.82) is 0 Å². The molecule has 1 atom stereocenters. The van der Waals surface area contributed by atoms with E-state index in [1.165, 1.54) is 77.6 Å². The topological polar surface area (TPSA) is 93.1 Å². The molecule has 2 aromatic heterocycles. The summed E-state index contributed by atoms with van der Waals surface area (Å²) in [7, 11) is 1.62. The lowest BCUT2D eigenvalue weighted by atomic mass is 10.0. The molecular formula is C27H22F2N4O3. The van der Waals surface area contributed by atoms with Crippen molar-refractivity contribution in [1.82, 2.24) is 14.9 Å². The van der Waals surface area contributed by atoms with Crippen LogP contribution < -0.4 is 16.2 Å². The Kier molecular flexibility index (Phi) is 7.12. The van der Waals surface area contributed by atoms with Crippen molar-refractivity contribution < 1.29 is 18.4 Å². The van der Waals surface area contributed by atoms with Gasteiger partial charge in [0.15, 0.2) is 5.78 Å². The Morgan fingerprint density at radius 1 is 0.889 bits per heavy atom. The number of nitrogens with zero attached hydrogens (tertiary/aromatic N) is 2. The highest BCUT2D eigenvalue weighted by Gasteiger charge is 2.18. The van der Waals surface area contributed by atoms with E-state index in [2.05, 4.69) is 15.6 Å². The Hall–Kier alpha value is -4.50. The van der Waals surface area contributed by atoms with E-state index in [1.54, 1.807) is 20.0 Å². The minimum atomic E-state index is -0.568. The molecule has 0 spiro atoms. The van der Waals surface area contributed by atoms with Gasteiger partial charge in [-0.1, -0.05) is 0 Å². The molecule has 0 saturated carbocycles. The van der Waals surface area contributed by atoms with E-state index in [0.717, 1.165) is 0 Å². The molecule has 36 heavy (non-hydrogen) atoms. The first-order valence-electron chi connectivity index (χ1n) is 11.0. The van der Waals surface area contributed by atoms with Crippen LogP contribution in [0.3, 0.4) is 0 Å². The molecule has 2 aromatic carbocycles. The molecule has 1 unspecified atom stereocenters. The number of anilines is 1. The molecule has 0 aliphatic carbocycles. The second-order valence-corrected chi connectivity index (χ2v) is 8.05. The number of hydrogen-bond acceptors (Lipinski definition) is 5. The van der Waals surface area contributed by atoms with Crippen molar-refractivity contribution in [2.45, 2.75) is 13.0 Å². The fourth-order valence-corrected chi connectivity index (χ4v) is 3.55. The van der Waals surface area contributed by atoms with Crippen LogP contribution in [0.5, 0.6) is 0 Å². The lowest BCUT2D eigenvalue weighted by Crippen LogP contribution is -2.37. The van der Waals surface area contributed by atoms with Crippen LogP contribution in [0.15, 0.2) is 83.9 Å². The second-order valence-electron chi connectivity index (χ2n) is 8.05. The predicted octanol–water partition coefficient (Wildman–Crippen LogP) is 3.96. The first kappa shape index (κ1) is 24.6. The summed E-state index contributed by atoms with van der Waals surface area (Å²) in [5.41, 5.74) is 1.06. The normalized spacial score (nSPS) is 11.7. The SMILES string of the molecule is CNC(C)C(=O)Nc1ccc(-c2ccc(F)cc2)n(-c2cncc(C(=O)c3ccc(F)cc3)c2)c1=O. The van der Waals surface area contributed by atoms with Gasteiger partial charge in [-0.15, -0.1) is 0 Å². The summed E-state index contributed by atoms with van der Waals surface area (Å²) in [6.45, 7) is 1.65. The zero-order valence-corrected chi connectivity index (χ0v) is 19.5. The molecule has 1 amide bonds. The highest BCUT2D eigenvalue weighted by molar-refractivity contribution is 6.09. The Morgan fingerprint density at radius 2 is 1.53 bits per heavy atom. The van der Waals surface area contributed by atoms with E-state index in [0.29, 0.717) is 11.3 Å². The summed E-state index contributed by atoms with van der Waals surface area (Å²) in [6, 6.07) is 14.7. The summed E-state index contributed by atoms with van der Waals surface area (Å²) >= 11 is 0. The maximum absolute atomic E-state index is 13.6. The highest BCUT2D eigenvalue weighted by Crippen LogP contribution is 2.24. The lowest BCUT2D eigenvalue weighted by Gasteiger charge is -2.17. The molecule has 0 aliphatic heterocycles. The van der Waals surface area contributed by atoms with Gasteiger partial charge in [-0.25, -0.2) is 8.78 Å². The molecule has 182 valence electrons. The van der Waals surface area contributed by atoms with Crippen LogP contribution in [0.1, 0.15) is 22.8 Å². The second kappa shape index (κ2) is 10.4. The quantitative estimate of drug-likeness (QED) is 0.384. The first-order valence-corrected chi connectivity index (χ1v) is 11.0. The molecule has 0 fully saturated rings. The number of carbonyl (C=O) groups excluding carboxylic acids is 2. The maximum Gasteiger partial charge on any atom is 0.279 e. The standard InChI is InChI=1S/C27H22F2N4O3/c1-16(30-2)26(35)32-23-11-12-24(17-3-7-20(28)8-4-17)33(27(23)36)22-13-19(14-31-15-22)25(34)18-5-9-21(29)10-6-18/h3-16,30H,1-2H3,(H,32,35). The van der Waals surface area contributed by atoms with Crippen molar-refractivity contribution in [3.05, 3.63) is 112 Å². The van der Waals surface area contributed by atoms with Crippen molar-refractivity contribution in [3.8, 4) is 16.9 Å². The van der Waals surface area contributed by atoms with Gasteiger partial charge in [0.05, 0.1) is 23.6 Å². The van der Waals surface area contributed by atoms with E-state index in [1.807, 2.05) is 0 Å². The van der Waals surface area contributed by atoms with Gasteiger partial charge in [-0.2, -0.15) is 0 Å². The van der Waals surface area contributed by atoms with Crippen LogP contribution in [-0.2, 0) is 4.79 Å². The zero-order valence-electron chi connectivity index (χ0n) is 19.5. The Bertz CT molecular complexity index is 1480. The third kappa shape index (κ3) is 5.11. The number of benzene rings is 2. The minimum absolute atomic E-state index is 0.0169. The van der Waals surface area contributed by atoms with Gasteiger partial charge >= 0.3 is 0 Å². The zero-order chi connectivity index (χ0) is 25.8. The van der Waals surface area contributed by atoms with Crippen molar-refractivity contribution in [2.75, 3.05) is 12.4 Å². The summed E-state index contributed by atoms with van der Waals surface area (Å²) in [5, 5.41) is 5.41. The minimum Gasteiger partial charge on any atom is -0.320 e. The van der Waals surface area contributed by atoms with Crippen LogP contribution >= 0.6 is 0 Å². The Balaban J connectivity index is 1.85. The van der Waals surface area contributed by atoms with E-state index >= 15 is 0 Å². The Labute approximate surface area is 205 Å². The number of pyridine rings is 2. The molecular weight excluding hydrogens is 466 g/mol. The third-order valence-electron chi connectivity index (χ3n) is 5.66. The number of ketones is 1. The summed E-state index contributed by atoms with van der Waals surface area (Å²) in [6.07, 6.45) is 2.75. The number of carbonyl (C=O) groups is 2. The largest absolute Gasteiger partial charge is 0.320 e. The molecule has 0 radical (unpaired) electrons. The molecule has 4 rings (SSSR count). The van der Waals surface area contributed by atoms with Crippen LogP contribution in [0.2, 0.25) is 0 Å². The summed E-state index contributed by atoms with van der Waals surface area (Å²) in [5.74, 6) is -1.73. The molecule has 0 saturated heterocycles. The van der Waals surface area contributed by atoms with Gasteiger partial charge in [-0.3, -0.25) is 23.9 Å². The molecule has 0 aliphatic rings. The average Bonchev–Trinajstić information content (AvgIpc) is 2.89. The van der Waals surface area contributed by atoms with Crippen LogP contribution in [0.25, 0.3) is 16.9 Å². The van der Waals surface area contributed by atoms with E-state index in [-0.39, 0.29) is 22.5 Å². The number of nitrogens with one attached hydrogen (secondary N) is 2. The molecule has 2 heterocycles. The molecule has 0 bridgehead atoms. The number of halogens is 2. The molecule has 2 N–H and O–H groups in total. The van der Waals surface area contributed by atoms with Crippen LogP contribution in [0.4, 0.5) is 14.5 Å². The highest BCUT2D eigenvalue weighted by atomic mass is 19.1. The van der Waals surface area contributed by atoms with Crippen molar-refractivity contribution in [2.24, 2.45) is 0 Å². The number of aromatic nitrogens is 2. The van der Waals surface area contributed by atoms with Gasteiger partial charge in [0.2, 0.25) is 5.91 Å². The smallest absolute Gasteiger partial charge is 0.279 e. The Morgan fingerprint density at radius 3 is 2.17 bits per heavy atom. The van der Waals surface area contributed by atoms with Gasteiger partial charge in [0, 0.05) is 17.3 Å². The maximum atomic E-state index is 13.6. The van der Waals surface area contributed by atoms with Gasteiger partial charge in [-0.05, 0) is 86.3 Å². The number of rotatable bonds is 7. The van der Waals surface area contributed by atoms with Gasteiger partial charge in [0.25, 0.3) is 5.56 Å². The molecule has 7 nitrogen and oxygen atoms in total. The molecule has 9 heteroatoms. The van der Waals surface area contributed by atoms with E-state index < -0.39 is 34.9 Å². The molecule has 4 aromatic rings. The monoisotopic (exact) mass is 488 g/mol. The average molecular weight is 488 g/mol. The lowest BCUT2D eigenvalue weighted by molar-refractivity contribution is -0.117. The van der Waals surface area contributed by atoms with Crippen LogP contribution in [0, 0.1) is 11.6 Å². The third-order valence-corrected chi connectivity index (χ3v) is 5.66. The predicted molar refractivity (Wildman–Crippen MR) is 132 cm³/mol.